The van der Waals surface area contributed by atoms with Crippen LogP contribution in [0.25, 0.3) is 0 Å². The van der Waals surface area contributed by atoms with Gasteiger partial charge in [0, 0.05) is 11.6 Å². The lowest BCUT2D eigenvalue weighted by Crippen LogP contribution is -2.31. The van der Waals surface area contributed by atoms with Crippen molar-refractivity contribution in [3.05, 3.63) is 34.9 Å². The van der Waals surface area contributed by atoms with Crippen molar-refractivity contribution in [2.75, 3.05) is 13.1 Å². The molecule has 2 rings (SSSR count). The summed E-state index contributed by atoms with van der Waals surface area (Å²) in [5, 5.41) is 0.695. The first-order valence-corrected chi connectivity index (χ1v) is 6.83. The number of halogens is 1. The molecule has 0 radical (unpaired) electrons. The summed E-state index contributed by atoms with van der Waals surface area (Å²) in [6.07, 6.45) is 1.40. The first-order valence-electron chi connectivity index (χ1n) is 6.45. The van der Waals surface area contributed by atoms with Crippen molar-refractivity contribution in [2.45, 2.75) is 31.9 Å². The van der Waals surface area contributed by atoms with Crippen LogP contribution in [0.3, 0.4) is 0 Å². The van der Waals surface area contributed by atoms with E-state index >= 15 is 0 Å². The number of cyclic esters (lactones) is 1. The van der Waals surface area contributed by atoms with E-state index in [9.17, 15) is 4.79 Å². The van der Waals surface area contributed by atoms with Crippen molar-refractivity contribution < 1.29 is 9.53 Å². The Kier molecular flexibility index (Phi) is 4.32. The lowest BCUT2D eigenvalue weighted by molar-refractivity contribution is 0.0638. The van der Waals surface area contributed by atoms with Gasteiger partial charge >= 0.3 is 6.09 Å². The maximum atomic E-state index is 11.9. The number of nitrogens with two attached hydrogens (primary N) is 1. The molecule has 1 aromatic carbocycles. The zero-order valence-electron chi connectivity index (χ0n) is 11.1. The van der Waals surface area contributed by atoms with Crippen LogP contribution in [-0.4, -0.2) is 29.7 Å². The van der Waals surface area contributed by atoms with E-state index in [1.165, 1.54) is 0 Å². The number of benzene rings is 1. The third kappa shape index (κ3) is 3.61. The number of hydrogen-bond donors (Lipinski definition) is 1. The molecular weight excluding hydrogens is 264 g/mol. The van der Waals surface area contributed by atoms with Crippen molar-refractivity contribution in [1.29, 1.82) is 0 Å². The highest BCUT2D eigenvalue weighted by molar-refractivity contribution is 6.30. The largest absolute Gasteiger partial charge is 0.441 e. The molecule has 0 saturated carbocycles. The Morgan fingerprint density at radius 1 is 1.42 bits per heavy atom. The predicted molar refractivity (Wildman–Crippen MR) is 75.0 cm³/mol. The minimum atomic E-state index is -0.414. The molecule has 2 N–H and O–H groups in total. The van der Waals surface area contributed by atoms with Crippen molar-refractivity contribution in [3.63, 3.8) is 0 Å². The maximum absolute atomic E-state index is 11.9. The fraction of sp³-hybridized carbons (Fsp3) is 0.500. The summed E-state index contributed by atoms with van der Waals surface area (Å²) >= 11 is 5.84. The molecule has 1 aromatic rings. The van der Waals surface area contributed by atoms with Gasteiger partial charge in [-0.1, -0.05) is 23.7 Å². The molecule has 1 aliphatic heterocycles. The van der Waals surface area contributed by atoms with Crippen LogP contribution in [0.5, 0.6) is 0 Å². The summed E-state index contributed by atoms with van der Waals surface area (Å²) in [5.41, 5.74) is 6.14. The summed E-state index contributed by atoms with van der Waals surface area (Å²) in [4.78, 5) is 13.6. The van der Waals surface area contributed by atoms with Gasteiger partial charge in [-0.25, -0.2) is 4.79 Å². The van der Waals surface area contributed by atoms with E-state index in [0.717, 1.165) is 18.4 Å². The molecule has 1 amide bonds. The molecule has 1 saturated heterocycles. The maximum Gasteiger partial charge on any atom is 0.410 e. The second-order valence-electron chi connectivity index (χ2n) is 5.19. The van der Waals surface area contributed by atoms with Crippen LogP contribution in [0.2, 0.25) is 5.02 Å². The highest BCUT2D eigenvalue weighted by Gasteiger charge is 2.40. The second-order valence-corrected chi connectivity index (χ2v) is 5.63. The summed E-state index contributed by atoms with van der Waals surface area (Å²) < 4.78 is 5.46. The van der Waals surface area contributed by atoms with Gasteiger partial charge in [0.15, 0.2) is 0 Å². The SMILES string of the molecule is CC1(CCCN)CN(Cc2ccc(Cl)cc2)C(=O)O1. The first-order chi connectivity index (χ1) is 9.02. The molecule has 1 heterocycles. The predicted octanol–water partition coefficient (Wildman–Crippen LogP) is 2.79. The topological polar surface area (TPSA) is 55.6 Å². The highest BCUT2D eigenvalue weighted by atomic mass is 35.5. The molecule has 1 aliphatic rings. The normalized spacial score (nSPS) is 22.7. The molecular formula is C14H19ClN2O2. The van der Waals surface area contributed by atoms with Gasteiger partial charge in [-0.05, 0) is 44.0 Å². The van der Waals surface area contributed by atoms with Crippen LogP contribution in [0.4, 0.5) is 4.79 Å². The molecule has 4 nitrogen and oxygen atoms in total. The molecule has 1 fully saturated rings. The number of rotatable bonds is 5. The van der Waals surface area contributed by atoms with E-state index in [2.05, 4.69) is 0 Å². The van der Waals surface area contributed by atoms with Gasteiger partial charge in [-0.3, -0.25) is 4.90 Å². The average Bonchev–Trinajstić information content (AvgIpc) is 2.65. The summed E-state index contributed by atoms with van der Waals surface area (Å²) in [6, 6.07) is 7.49. The summed E-state index contributed by atoms with van der Waals surface area (Å²) in [6.45, 7) is 3.73. The molecule has 0 bridgehead atoms. The van der Waals surface area contributed by atoms with E-state index in [4.69, 9.17) is 22.1 Å². The standard InChI is InChI=1S/C14H19ClN2O2/c1-14(7-2-8-16)10-17(13(18)19-14)9-11-3-5-12(15)6-4-11/h3-6H,2,7-10,16H2,1H3. The third-order valence-corrected chi connectivity index (χ3v) is 3.57. The van der Waals surface area contributed by atoms with Crippen molar-refractivity contribution in [3.8, 4) is 0 Å². The summed E-state index contributed by atoms with van der Waals surface area (Å²) in [7, 11) is 0. The first kappa shape index (κ1) is 14.2. The van der Waals surface area contributed by atoms with E-state index in [0.29, 0.717) is 24.7 Å². The van der Waals surface area contributed by atoms with Gasteiger partial charge < -0.3 is 10.5 Å². The monoisotopic (exact) mass is 282 g/mol. The minimum absolute atomic E-state index is 0.255. The lowest BCUT2D eigenvalue weighted by atomic mass is 10.00. The fourth-order valence-electron chi connectivity index (χ4n) is 2.31. The Hall–Kier alpha value is -1.26. The van der Waals surface area contributed by atoms with Gasteiger partial charge in [0.2, 0.25) is 0 Å². The van der Waals surface area contributed by atoms with Crippen LogP contribution >= 0.6 is 11.6 Å². The third-order valence-electron chi connectivity index (χ3n) is 3.31. The molecule has 19 heavy (non-hydrogen) atoms. The number of amides is 1. The molecule has 1 unspecified atom stereocenters. The fourth-order valence-corrected chi connectivity index (χ4v) is 2.44. The highest BCUT2D eigenvalue weighted by Crippen LogP contribution is 2.28. The quantitative estimate of drug-likeness (QED) is 0.903. The Morgan fingerprint density at radius 3 is 2.74 bits per heavy atom. The van der Waals surface area contributed by atoms with Gasteiger partial charge in [0.1, 0.15) is 5.60 Å². The molecule has 5 heteroatoms. The molecule has 1 atom stereocenters. The number of hydrogen-bond acceptors (Lipinski definition) is 3. The zero-order valence-corrected chi connectivity index (χ0v) is 11.8. The van der Waals surface area contributed by atoms with Crippen LogP contribution in [0.15, 0.2) is 24.3 Å². The molecule has 0 spiro atoms. The van der Waals surface area contributed by atoms with Crippen LogP contribution in [-0.2, 0) is 11.3 Å². The molecule has 0 aromatic heterocycles. The summed E-state index contributed by atoms with van der Waals surface area (Å²) in [5.74, 6) is 0. The van der Waals surface area contributed by atoms with Gasteiger partial charge in [0.25, 0.3) is 0 Å². The number of carbonyl (C=O) groups is 1. The number of carbonyl (C=O) groups excluding carboxylic acids is 1. The lowest BCUT2D eigenvalue weighted by Gasteiger charge is -2.21. The second kappa shape index (κ2) is 5.80. The van der Waals surface area contributed by atoms with Crippen LogP contribution < -0.4 is 5.73 Å². The smallest absolute Gasteiger partial charge is 0.410 e. The Morgan fingerprint density at radius 2 is 2.11 bits per heavy atom. The van der Waals surface area contributed by atoms with Gasteiger partial charge in [-0.2, -0.15) is 0 Å². The Bertz CT molecular complexity index is 449. The van der Waals surface area contributed by atoms with Crippen LogP contribution in [0, 0.1) is 0 Å². The zero-order chi connectivity index (χ0) is 13.9. The number of ether oxygens (including phenoxy) is 1. The van der Waals surface area contributed by atoms with E-state index in [1.807, 2.05) is 31.2 Å². The minimum Gasteiger partial charge on any atom is -0.441 e. The van der Waals surface area contributed by atoms with Gasteiger partial charge in [-0.15, -0.1) is 0 Å². The van der Waals surface area contributed by atoms with E-state index in [1.54, 1.807) is 4.90 Å². The van der Waals surface area contributed by atoms with Gasteiger partial charge in [0.05, 0.1) is 6.54 Å². The van der Waals surface area contributed by atoms with Crippen molar-refractivity contribution >= 4 is 17.7 Å². The Labute approximate surface area is 118 Å². The molecule has 0 aliphatic carbocycles. The van der Waals surface area contributed by atoms with Crippen LogP contribution in [0.1, 0.15) is 25.3 Å². The Balaban J connectivity index is 1.98. The van der Waals surface area contributed by atoms with E-state index < -0.39 is 5.60 Å². The van der Waals surface area contributed by atoms with Crippen molar-refractivity contribution in [1.82, 2.24) is 4.90 Å². The number of nitrogens with zero attached hydrogens (tertiary/aromatic N) is 1. The van der Waals surface area contributed by atoms with Crippen molar-refractivity contribution in [2.24, 2.45) is 5.73 Å². The molecule has 104 valence electrons. The average molecular weight is 283 g/mol. The van der Waals surface area contributed by atoms with E-state index in [-0.39, 0.29) is 6.09 Å².